The number of rotatable bonds is 7. The molecule has 10 nitrogen and oxygen atoms in total. The average Bonchev–Trinajstić information content (AvgIpc) is 2.74. The van der Waals surface area contributed by atoms with E-state index in [1.807, 2.05) is 0 Å². The van der Waals surface area contributed by atoms with Gasteiger partial charge in [-0.05, 0) is 48.5 Å². The molecule has 0 aliphatic carbocycles. The Kier molecular flexibility index (Phi) is 7.04. The van der Waals surface area contributed by atoms with Crippen molar-refractivity contribution in [3.8, 4) is 0 Å². The van der Waals surface area contributed by atoms with E-state index >= 15 is 0 Å². The van der Waals surface area contributed by atoms with Gasteiger partial charge in [0.2, 0.25) is 15.9 Å². The first-order valence-electron chi connectivity index (χ1n) is 9.63. The Balaban J connectivity index is 1.83. The minimum Gasteiger partial charge on any atom is -0.326 e. The maximum atomic E-state index is 13.0. The normalized spacial score (nSPS) is 10.7. The van der Waals surface area contributed by atoms with Crippen LogP contribution in [0.25, 0.3) is 0 Å². The molecule has 0 aliphatic rings. The van der Waals surface area contributed by atoms with Gasteiger partial charge in [-0.2, -0.15) is 0 Å². The Hall–Kier alpha value is -4.25. The molecule has 0 fully saturated rings. The van der Waals surface area contributed by atoms with Gasteiger partial charge < -0.3 is 16.0 Å². The Bertz CT molecular complexity index is 1310. The molecule has 1 aromatic heterocycles. The van der Waals surface area contributed by atoms with Crippen LogP contribution in [0.2, 0.25) is 0 Å². The van der Waals surface area contributed by atoms with E-state index in [4.69, 9.17) is 0 Å². The number of nitrogens with zero attached hydrogens (tertiary/aromatic N) is 1. The van der Waals surface area contributed by atoms with Gasteiger partial charge >= 0.3 is 0 Å². The highest BCUT2D eigenvalue weighted by Gasteiger charge is 2.16. The van der Waals surface area contributed by atoms with Crippen LogP contribution in [0.5, 0.6) is 0 Å². The molecule has 170 valence electrons. The predicted octanol–water partition coefficient (Wildman–Crippen LogP) is 2.92. The minimum atomic E-state index is -3.66. The zero-order chi connectivity index (χ0) is 24.0. The largest absolute Gasteiger partial charge is 0.326 e. The highest BCUT2D eigenvalue weighted by molar-refractivity contribution is 7.92. The van der Waals surface area contributed by atoms with Gasteiger partial charge in [-0.25, -0.2) is 8.42 Å². The lowest BCUT2D eigenvalue weighted by atomic mass is 10.1. The van der Waals surface area contributed by atoms with E-state index in [2.05, 4.69) is 25.7 Å². The van der Waals surface area contributed by atoms with Crippen LogP contribution in [0.15, 0.2) is 67.0 Å². The number of benzene rings is 2. The summed E-state index contributed by atoms with van der Waals surface area (Å²) in [7, 11) is -3.66. The first-order chi connectivity index (χ1) is 15.6. The zero-order valence-corrected chi connectivity index (χ0v) is 18.6. The molecular weight excluding hydrogens is 446 g/mol. The number of anilines is 4. The molecule has 3 rings (SSSR count). The molecule has 0 spiro atoms. The molecule has 4 N–H and O–H groups in total. The van der Waals surface area contributed by atoms with E-state index in [0.29, 0.717) is 22.6 Å². The van der Waals surface area contributed by atoms with Gasteiger partial charge in [0.05, 0.1) is 17.5 Å². The van der Waals surface area contributed by atoms with Crippen LogP contribution in [0.3, 0.4) is 0 Å². The fourth-order valence-corrected chi connectivity index (χ4v) is 3.46. The molecule has 0 saturated carbocycles. The number of hydrogen-bond acceptors (Lipinski definition) is 6. The molecule has 2 aromatic carbocycles. The summed E-state index contributed by atoms with van der Waals surface area (Å²) in [4.78, 5) is 40.5. The molecule has 0 bridgehead atoms. The van der Waals surface area contributed by atoms with Crippen molar-refractivity contribution in [2.45, 2.75) is 6.92 Å². The second-order valence-electron chi connectivity index (χ2n) is 7.04. The third-order valence-electron chi connectivity index (χ3n) is 4.20. The van der Waals surface area contributed by atoms with Gasteiger partial charge in [-0.3, -0.25) is 24.1 Å². The summed E-state index contributed by atoms with van der Waals surface area (Å²) in [5.74, 6) is -1.31. The van der Waals surface area contributed by atoms with Gasteiger partial charge in [0, 0.05) is 41.9 Å². The molecule has 11 heteroatoms. The predicted molar refractivity (Wildman–Crippen MR) is 126 cm³/mol. The van der Waals surface area contributed by atoms with Crippen molar-refractivity contribution in [1.82, 2.24) is 4.98 Å². The molecule has 0 saturated heterocycles. The van der Waals surface area contributed by atoms with Crippen LogP contribution >= 0.6 is 0 Å². The summed E-state index contributed by atoms with van der Waals surface area (Å²) < 4.78 is 25.7. The first kappa shape index (κ1) is 23.4. The third kappa shape index (κ3) is 6.87. The van der Waals surface area contributed by atoms with Crippen LogP contribution in [0.1, 0.15) is 27.6 Å². The number of pyridine rings is 1. The van der Waals surface area contributed by atoms with E-state index in [9.17, 15) is 22.8 Å². The number of nitrogens with one attached hydrogen (secondary N) is 4. The van der Waals surface area contributed by atoms with Gasteiger partial charge in [0.15, 0.2) is 0 Å². The number of aromatic nitrogens is 1. The van der Waals surface area contributed by atoms with E-state index in [-0.39, 0.29) is 23.1 Å². The van der Waals surface area contributed by atoms with E-state index in [0.717, 1.165) is 6.26 Å². The van der Waals surface area contributed by atoms with Crippen LogP contribution < -0.4 is 20.7 Å². The van der Waals surface area contributed by atoms with E-state index in [1.165, 1.54) is 37.5 Å². The summed E-state index contributed by atoms with van der Waals surface area (Å²) in [6.07, 6.45) is 3.97. The first-order valence-corrected chi connectivity index (χ1v) is 11.5. The van der Waals surface area contributed by atoms with E-state index < -0.39 is 15.9 Å². The van der Waals surface area contributed by atoms with Gasteiger partial charge in [-0.15, -0.1) is 0 Å². The molecule has 0 unspecified atom stereocenters. The molecule has 3 aromatic rings. The zero-order valence-electron chi connectivity index (χ0n) is 17.7. The van der Waals surface area contributed by atoms with Crippen molar-refractivity contribution >= 4 is 50.5 Å². The second kappa shape index (κ2) is 9.92. The molecule has 0 aliphatic heterocycles. The highest BCUT2D eigenvalue weighted by Crippen LogP contribution is 2.24. The fraction of sp³-hybridized carbons (Fsp3) is 0.0909. The van der Waals surface area contributed by atoms with Crippen LogP contribution in [-0.4, -0.2) is 37.4 Å². The average molecular weight is 468 g/mol. The Morgan fingerprint density at radius 2 is 1.39 bits per heavy atom. The quantitative estimate of drug-likeness (QED) is 0.420. The number of carbonyl (C=O) groups excluding carboxylic acids is 3. The molecule has 33 heavy (non-hydrogen) atoms. The minimum absolute atomic E-state index is 0.00195. The van der Waals surface area contributed by atoms with Crippen LogP contribution in [0, 0.1) is 0 Å². The summed E-state index contributed by atoms with van der Waals surface area (Å²) in [5.41, 5.74) is 1.60. The molecule has 1 heterocycles. The van der Waals surface area contributed by atoms with Gasteiger partial charge in [0.25, 0.3) is 11.8 Å². The van der Waals surface area contributed by atoms with Crippen molar-refractivity contribution in [2.24, 2.45) is 0 Å². The lowest BCUT2D eigenvalue weighted by Crippen LogP contribution is -2.18. The summed E-state index contributed by atoms with van der Waals surface area (Å²) in [6, 6.07) is 13.8. The summed E-state index contributed by atoms with van der Waals surface area (Å²) >= 11 is 0. The molecular formula is C22H21N5O5S. The third-order valence-corrected chi connectivity index (χ3v) is 4.79. The van der Waals surface area contributed by atoms with Gasteiger partial charge in [0.1, 0.15) is 0 Å². The van der Waals surface area contributed by atoms with E-state index in [1.54, 1.807) is 36.4 Å². The monoisotopic (exact) mass is 467 g/mol. The topological polar surface area (TPSA) is 146 Å². The van der Waals surface area contributed by atoms with Crippen molar-refractivity contribution < 1.29 is 22.8 Å². The maximum Gasteiger partial charge on any atom is 0.257 e. The SMILES string of the molecule is CC(=O)Nc1ccc(NS(C)(=O)=O)c(C(=O)Nc2cccc(NC(=O)c3ccncc3)c2)c1. The molecule has 0 atom stereocenters. The fourth-order valence-electron chi connectivity index (χ4n) is 2.88. The maximum absolute atomic E-state index is 13.0. The molecule has 3 amide bonds. The second-order valence-corrected chi connectivity index (χ2v) is 8.79. The van der Waals surface area contributed by atoms with Crippen molar-refractivity contribution in [1.29, 1.82) is 0 Å². The van der Waals surface area contributed by atoms with Crippen LogP contribution in [-0.2, 0) is 14.8 Å². The van der Waals surface area contributed by atoms with Crippen molar-refractivity contribution in [2.75, 3.05) is 26.9 Å². The molecule has 0 radical (unpaired) electrons. The Labute approximate surface area is 190 Å². The van der Waals surface area contributed by atoms with Crippen molar-refractivity contribution in [3.05, 3.63) is 78.1 Å². The summed E-state index contributed by atoms with van der Waals surface area (Å²) in [6.45, 7) is 1.31. The number of sulfonamides is 1. The number of amides is 3. The summed E-state index contributed by atoms with van der Waals surface area (Å²) in [5, 5.41) is 7.95. The smallest absolute Gasteiger partial charge is 0.257 e. The Morgan fingerprint density at radius 1 is 0.788 bits per heavy atom. The number of hydrogen-bond donors (Lipinski definition) is 4. The standard InChI is InChI=1S/C22H21N5O5S/c1-14(28)24-18-6-7-20(27-33(2,31)32)19(13-18)22(30)26-17-5-3-4-16(12-17)25-21(29)15-8-10-23-11-9-15/h3-13,27H,1-2H3,(H,24,28)(H,25,29)(H,26,30). The lowest BCUT2D eigenvalue weighted by molar-refractivity contribution is -0.114. The van der Waals surface area contributed by atoms with Gasteiger partial charge in [-0.1, -0.05) is 6.07 Å². The van der Waals surface area contributed by atoms with Crippen molar-refractivity contribution in [3.63, 3.8) is 0 Å². The van der Waals surface area contributed by atoms with Crippen LogP contribution in [0.4, 0.5) is 22.7 Å². The lowest BCUT2D eigenvalue weighted by Gasteiger charge is -2.14. The number of carbonyl (C=O) groups is 3. The Morgan fingerprint density at radius 3 is 2.00 bits per heavy atom. The highest BCUT2D eigenvalue weighted by atomic mass is 32.2.